The van der Waals surface area contributed by atoms with E-state index in [1.807, 2.05) is 18.3 Å². The van der Waals surface area contributed by atoms with Crippen LogP contribution < -0.4 is 0 Å². The van der Waals surface area contributed by atoms with E-state index in [0.717, 1.165) is 44.6 Å². The molecule has 0 bridgehead atoms. The molecule has 0 unspecified atom stereocenters. The van der Waals surface area contributed by atoms with Gasteiger partial charge in [-0.05, 0) is 103 Å². The molecule has 0 spiro atoms. The van der Waals surface area contributed by atoms with E-state index in [1.165, 1.54) is 49.5 Å². The van der Waals surface area contributed by atoms with Crippen molar-refractivity contribution in [3.05, 3.63) is 187 Å². The van der Waals surface area contributed by atoms with Crippen molar-refractivity contribution in [2.75, 3.05) is 0 Å². The lowest BCUT2D eigenvalue weighted by molar-refractivity contribution is 0.661. The standard InChI is InChI=1S/C50H35N3/c1-50(2)45-29-36(21-22-42(45)44-27-34-14-6-7-15-35(34)28-46(44)50)39-23-24-43(41-20-9-8-19-40(39)41)49-52-47(32-12-4-3-5-13-32)30-48(53-49)37-17-10-16-33(26-37)38-18-11-25-51-31-38/h3-31H,1-2H3. The second-order valence-corrected chi connectivity index (χ2v) is 14.5. The van der Waals surface area contributed by atoms with Crippen LogP contribution in [0.5, 0.6) is 0 Å². The Labute approximate surface area is 309 Å². The lowest BCUT2D eigenvalue weighted by Gasteiger charge is -2.22. The van der Waals surface area contributed by atoms with Crippen LogP contribution in [0.3, 0.4) is 0 Å². The van der Waals surface area contributed by atoms with Gasteiger partial charge in [-0.1, -0.05) is 135 Å². The van der Waals surface area contributed by atoms with Crippen molar-refractivity contribution in [3.63, 3.8) is 0 Å². The summed E-state index contributed by atoms with van der Waals surface area (Å²) in [7, 11) is 0. The normalized spacial score (nSPS) is 12.9. The van der Waals surface area contributed by atoms with Gasteiger partial charge in [-0.3, -0.25) is 4.98 Å². The maximum atomic E-state index is 5.27. The second-order valence-electron chi connectivity index (χ2n) is 14.5. The zero-order chi connectivity index (χ0) is 35.5. The Kier molecular flexibility index (Phi) is 7.16. The van der Waals surface area contributed by atoms with Crippen LogP contribution in [0.4, 0.5) is 0 Å². The average molecular weight is 678 g/mol. The van der Waals surface area contributed by atoms with E-state index in [4.69, 9.17) is 9.97 Å². The summed E-state index contributed by atoms with van der Waals surface area (Å²) < 4.78 is 0. The minimum atomic E-state index is -0.114. The Morgan fingerprint density at radius 2 is 1.02 bits per heavy atom. The maximum absolute atomic E-state index is 5.27. The molecule has 3 heteroatoms. The molecule has 53 heavy (non-hydrogen) atoms. The lowest BCUT2D eigenvalue weighted by Crippen LogP contribution is -2.15. The molecule has 3 nitrogen and oxygen atoms in total. The Balaban J connectivity index is 1.11. The molecule has 0 N–H and O–H groups in total. The summed E-state index contributed by atoms with van der Waals surface area (Å²) in [6, 6.07) is 58.7. The van der Waals surface area contributed by atoms with Crippen LogP contribution in [-0.4, -0.2) is 15.0 Å². The predicted molar refractivity (Wildman–Crippen MR) is 220 cm³/mol. The number of hydrogen-bond acceptors (Lipinski definition) is 3. The average Bonchev–Trinajstić information content (AvgIpc) is 3.44. The minimum Gasteiger partial charge on any atom is -0.264 e. The van der Waals surface area contributed by atoms with E-state index in [1.54, 1.807) is 6.20 Å². The third-order valence-electron chi connectivity index (χ3n) is 11.0. The lowest BCUT2D eigenvalue weighted by atomic mass is 9.81. The summed E-state index contributed by atoms with van der Waals surface area (Å²) in [4.78, 5) is 14.8. The summed E-state index contributed by atoms with van der Waals surface area (Å²) >= 11 is 0. The van der Waals surface area contributed by atoms with Crippen LogP contribution >= 0.6 is 0 Å². The zero-order valence-electron chi connectivity index (χ0n) is 29.6. The van der Waals surface area contributed by atoms with Crippen LogP contribution in [0, 0.1) is 0 Å². The molecule has 0 atom stereocenters. The molecule has 0 aliphatic heterocycles. The van der Waals surface area contributed by atoms with Gasteiger partial charge in [-0.15, -0.1) is 0 Å². The van der Waals surface area contributed by atoms with Crippen molar-refractivity contribution in [3.8, 4) is 67.3 Å². The maximum Gasteiger partial charge on any atom is 0.161 e. The molecular weight excluding hydrogens is 643 g/mol. The quantitative estimate of drug-likeness (QED) is 0.182. The molecule has 1 aliphatic rings. The molecule has 9 aromatic rings. The van der Waals surface area contributed by atoms with Gasteiger partial charge in [0.15, 0.2) is 5.82 Å². The van der Waals surface area contributed by atoms with Crippen LogP contribution in [0.1, 0.15) is 25.0 Å². The zero-order valence-corrected chi connectivity index (χ0v) is 29.6. The number of rotatable bonds is 5. The first-order valence-corrected chi connectivity index (χ1v) is 18.2. The van der Waals surface area contributed by atoms with E-state index in [-0.39, 0.29) is 5.41 Å². The number of pyridine rings is 1. The van der Waals surface area contributed by atoms with Gasteiger partial charge in [-0.2, -0.15) is 0 Å². The Morgan fingerprint density at radius 3 is 1.81 bits per heavy atom. The number of benzene rings is 7. The number of fused-ring (bicyclic) bond motifs is 5. The van der Waals surface area contributed by atoms with Crippen molar-refractivity contribution in [2.45, 2.75) is 19.3 Å². The number of hydrogen-bond donors (Lipinski definition) is 0. The highest BCUT2D eigenvalue weighted by Gasteiger charge is 2.36. The van der Waals surface area contributed by atoms with Crippen LogP contribution in [0.15, 0.2) is 176 Å². The summed E-state index contributed by atoms with van der Waals surface area (Å²) in [5, 5.41) is 4.87. The van der Waals surface area contributed by atoms with Gasteiger partial charge in [0, 0.05) is 40.1 Å². The second kappa shape index (κ2) is 12.2. The van der Waals surface area contributed by atoms with Gasteiger partial charge in [-0.25, -0.2) is 9.97 Å². The van der Waals surface area contributed by atoms with Gasteiger partial charge in [0.25, 0.3) is 0 Å². The molecule has 0 fully saturated rings. The number of nitrogens with zero attached hydrogens (tertiary/aromatic N) is 3. The van der Waals surface area contributed by atoms with Crippen LogP contribution in [0.2, 0.25) is 0 Å². The SMILES string of the molecule is CC1(C)c2cc(-c3ccc(-c4nc(-c5ccccc5)cc(-c5cccc(-c6cccnc6)c5)n4)c4ccccc34)ccc2-c2cc3ccccc3cc21. The first-order valence-electron chi connectivity index (χ1n) is 18.2. The van der Waals surface area contributed by atoms with E-state index >= 15 is 0 Å². The smallest absolute Gasteiger partial charge is 0.161 e. The van der Waals surface area contributed by atoms with Crippen molar-refractivity contribution in [2.24, 2.45) is 0 Å². The van der Waals surface area contributed by atoms with Gasteiger partial charge >= 0.3 is 0 Å². The van der Waals surface area contributed by atoms with Gasteiger partial charge in [0.2, 0.25) is 0 Å². The molecule has 250 valence electrons. The molecular formula is C50H35N3. The fraction of sp³-hybridized carbons (Fsp3) is 0.0600. The Hall–Kier alpha value is -6.71. The summed E-state index contributed by atoms with van der Waals surface area (Å²) in [5.41, 5.74) is 14.7. The molecule has 1 aliphatic carbocycles. The highest BCUT2D eigenvalue weighted by atomic mass is 14.9. The summed E-state index contributed by atoms with van der Waals surface area (Å²) in [5.74, 6) is 0.702. The monoisotopic (exact) mass is 677 g/mol. The topological polar surface area (TPSA) is 38.7 Å². The van der Waals surface area contributed by atoms with Crippen molar-refractivity contribution < 1.29 is 0 Å². The Bertz CT molecular complexity index is 2860. The summed E-state index contributed by atoms with van der Waals surface area (Å²) in [6.45, 7) is 4.72. The van der Waals surface area contributed by atoms with E-state index in [2.05, 4.69) is 170 Å². The van der Waals surface area contributed by atoms with Crippen molar-refractivity contribution >= 4 is 21.5 Å². The number of aromatic nitrogens is 3. The molecule has 7 aromatic carbocycles. The molecule has 0 saturated heterocycles. The molecule has 0 amide bonds. The van der Waals surface area contributed by atoms with E-state index in [0.29, 0.717) is 5.82 Å². The predicted octanol–water partition coefficient (Wildman–Crippen LogP) is 12.8. The first-order chi connectivity index (χ1) is 26.0. The van der Waals surface area contributed by atoms with Gasteiger partial charge in [0.05, 0.1) is 11.4 Å². The fourth-order valence-electron chi connectivity index (χ4n) is 8.20. The molecule has 2 aromatic heterocycles. The largest absolute Gasteiger partial charge is 0.264 e. The first kappa shape index (κ1) is 31.1. The van der Waals surface area contributed by atoms with Crippen LogP contribution in [-0.2, 0) is 5.41 Å². The third kappa shape index (κ3) is 5.24. The molecule has 0 radical (unpaired) electrons. The molecule has 2 heterocycles. The fourth-order valence-corrected chi connectivity index (χ4v) is 8.20. The van der Waals surface area contributed by atoms with E-state index in [9.17, 15) is 0 Å². The van der Waals surface area contributed by atoms with Crippen LogP contribution in [0.25, 0.3) is 88.8 Å². The van der Waals surface area contributed by atoms with Gasteiger partial charge < -0.3 is 0 Å². The highest BCUT2D eigenvalue weighted by Crippen LogP contribution is 2.51. The van der Waals surface area contributed by atoms with E-state index < -0.39 is 0 Å². The molecule has 10 rings (SSSR count). The van der Waals surface area contributed by atoms with Crippen molar-refractivity contribution in [1.29, 1.82) is 0 Å². The summed E-state index contributed by atoms with van der Waals surface area (Å²) in [6.07, 6.45) is 3.70. The van der Waals surface area contributed by atoms with Gasteiger partial charge in [0.1, 0.15) is 0 Å². The molecule has 0 saturated carbocycles. The minimum absolute atomic E-state index is 0.114. The Morgan fingerprint density at radius 1 is 0.396 bits per heavy atom. The third-order valence-corrected chi connectivity index (χ3v) is 11.0. The van der Waals surface area contributed by atoms with Crippen molar-refractivity contribution in [1.82, 2.24) is 15.0 Å². The highest BCUT2D eigenvalue weighted by molar-refractivity contribution is 6.05.